The second-order valence-electron chi connectivity index (χ2n) is 4.38. The number of aryl methyl sites for hydroxylation is 1. The van der Waals surface area contributed by atoms with E-state index in [-0.39, 0.29) is 0 Å². The summed E-state index contributed by atoms with van der Waals surface area (Å²) >= 11 is 5.85. The van der Waals surface area contributed by atoms with Crippen LogP contribution in [-0.4, -0.2) is 13.1 Å². The molecule has 1 unspecified atom stereocenters. The molecule has 82 valence electrons. The van der Waals surface area contributed by atoms with E-state index in [0.717, 1.165) is 10.9 Å². The van der Waals surface area contributed by atoms with Crippen LogP contribution in [-0.2, 0) is 6.42 Å². The molecule has 0 saturated carbocycles. The number of halogens is 1. The summed E-state index contributed by atoms with van der Waals surface area (Å²) in [5, 5.41) is 4.29. The molecule has 1 aromatic rings. The summed E-state index contributed by atoms with van der Waals surface area (Å²) < 4.78 is 0. The molecule has 1 heterocycles. The van der Waals surface area contributed by atoms with E-state index >= 15 is 0 Å². The molecular weight excluding hydrogens is 206 g/mol. The average Bonchev–Trinajstić information content (AvgIpc) is 2.30. The van der Waals surface area contributed by atoms with Gasteiger partial charge in [-0.1, -0.05) is 23.7 Å². The molecular formula is C13H18ClN. The van der Waals surface area contributed by atoms with Crippen LogP contribution in [0.4, 0.5) is 0 Å². The number of piperidine rings is 1. The van der Waals surface area contributed by atoms with Crippen molar-refractivity contribution < 1.29 is 0 Å². The van der Waals surface area contributed by atoms with Gasteiger partial charge in [0.1, 0.15) is 0 Å². The van der Waals surface area contributed by atoms with Gasteiger partial charge in [0.2, 0.25) is 0 Å². The Bertz CT molecular complexity index is 288. The molecule has 1 nitrogen and oxygen atoms in total. The highest BCUT2D eigenvalue weighted by Gasteiger charge is 2.12. The third-order valence-corrected chi connectivity index (χ3v) is 3.41. The monoisotopic (exact) mass is 223 g/mol. The van der Waals surface area contributed by atoms with Gasteiger partial charge < -0.3 is 5.32 Å². The number of hydrogen-bond acceptors (Lipinski definition) is 1. The van der Waals surface area contributed by atoms with Crippen LogP contribution in [0, 0.1) is 5.92 Å². The topological polar surface area (TPSA) is 12.0 Å². The van der Waals surface area contributed by atoms with Gasteiger partial charge in [-0.25, -0.2) is 0 Å². The fourth-order valence-electron chi connectivity index (χ4n) is 2.19. The maximum Gasteiger partial charge on any atom is 0.0406 e. The lowest BCUT2D eigenvalue weighted by Gasteiger charge is -2.22. The van der Waals surface area contributed by atoms with Crippen LogP contribution < -0.4 is 5.32 Å². The number of benzene rings is 1. The third kappa shape index (κ3) is 3.51. The maximum absolute atomic E-state index is 5.85. The van der Waals surface area contributed by atoms with Gasteiger partial charge >= 0.3 is 0 Å². The van der Waals surface area contributed by atoms with E-state index in [4.69, 9.17) is 11.6 Å². The molecule has 0 bridgehead atoms. The van der Waals surface area contributed by atoms with Crippen LogP contribution in [0.2, 0.25) is 5.02 Å². The van der Waals surface area contributed by atoms with Crippen molar-refractivity contribution in [3.05, 3.63) is 34.9 Å². The first-order valence-corrected chi connectivity index (χ1v) is 6.17. The van der Waals surface area contributed by atoms with Gasteiger partial charge in [0.25, 0.3) is 0 Å². The van der Waals surface area contributed by atoms with Crippen molar-refractivity contribution >= 4 is 11.6 Å². The Hall–Kier alpha value is -0.530. The summed E-state index contributed by atoms with van der Waals surface area (Å²) in [5.41, 5.74) is 1.41. The van der Waals surface area contributed by atoms with Crippen molar-refractivity contribution in [1.29, 1.82) is 0 Å². The average molecular weight is 224 g/mol. The van der Waals surface area contributed by atoms with Gasteiger partial charge in [0.15, 0.2) is 0 Å². The van der Waals surface area contributed by atoms with Gasteiger partial charge in [-0.15, -0.1) is 0 Å². The SMILES string of the molecule is Clc1ccc(CCC2CCCNC2)cc1. The number of hydrogen-bond donors (Lipinski definition) is 1. The normalized spacial score (nSPS) is 21.5. The van der Waals surface area contributed by atoms with E-state index in [2.05, 4.69) is 17.4 Å². The molecule has 15 heavy (non-hydrogen) atoms. The summed E-state index contributed by atoms with van der Waals surface area (Å²) in [7, 11) is 0. The maximum atomic E-state index is 5.85. The molecule has 1 saturated heterocycles. The van der Waals surface area contributed by atoms with Crippen LogP contribution in [0.25, 0.3) is 0 Å². The second-order valence-corrected chi connectivity index (χ2v) is 4.81. The Morgan fingerprint density at radius 1 is 1.27 bits per heavy atom. The lowest BCUT2D eigenvalue weighted by atomic mass is 9.93. The first-order chi connectivity index (χ1) is 7.34. The molecule has 0 amide bonds. The molecule has 1 aromatic carbocycles. The first-order valence-electron chi connectivity index (χ1n) is 5.80. The largest absolute Gasteiger partial charge is 0.316 e. The molecule has 0 aliphatic carbocycles. The predicted molar refractivity (Wildman–Crippen MR) is 65.4 cm³/mol. The minimum atomic E-state index is 0.832. The van der Waals surface area contributed by atoms with E-state index in [1.807, 2.05) is 12.1 Å². The van der Waals surface area contributed by atoms with Gasteiger partial charge in [0.05, 0.1) is 0 Å². The summed E-state index contributed by atoms with van der Waals surface area (Å²) in [4.78, 5) is 0. The molecule has 2 rings (SSSR count). The van der Waals surface area contributed by atoms with Crippen LogP contribution in [0.15, 0.2) is 24.3 Å². The lowest BCUT2D eigenvalue weighted by molar-refractivity contribution is 0.358. The molecule has 1 aliphatic heterocycles. The zero-order valence-electron chi connectivity index (χ0n) is 9.01. The Labute approximate surface area is 96.8 Å². The predicted octanol–water partition coefficient (Wildman–Crippen LogP) is 3.27. The van der Waals surface area contributed by atoms with Gasteiger partial charge in [0, 0.05) is 5.02 Å². The molecule has 1 aliphatic rings. The van der Waals surface area contributed by atoms with Crippen LogP contribution >= 0.6 is 11.6 Å². The molecule has 0 radical (unpaired) electrons. The lowest BCUT2D eigenvalue weighted by Crippen LogP contribution is -2.29. The minimum Gasteiger partial charge on any atom is -0.316 e. The number of rotatable bonds is 3. The van der Waals surface area contributed by atoms with Crippen LogP contribution in [0.3, 0.4) is 0 Å². The van der Waals surface area contributed by atoms with E-state index in [0.29, 0.717) is 0 Å². The Morgan fingerprint density at radius 2 is 2.07 bits per heavy atom. The molecule has 0 aromatic heterocycles. The summed E-state index contributed by atoms with van der Waals surface area (Å²) in [6, 6.07) is 8.24. The van der Waals surface area contributed by atoms with Crippen molar-refractivity contribution in [2.24, 2.45) is 5.92 Å². The minimum absolute atomic E-state index is 0.832. The van der Waals surface area contributed by atoms with Gasteiger partial charge in [-0.05, 0) is 62.4 Å². The molecule has 1 fully saturated rings. The van der Waals surface area contributed by atoms with Crippen molar-refractivity contribution in [3.63, 3.8) is 0 Å². The highest BCUT2D eigenvalue weighted by atomic mass is 35.5. The second kappa shape index (κ2) is 5.53. The summed E-state index contributed by atoms with van der Waals surface area (Å²) in [6.07, 6.45) is 5.21. The molecule has 2 heteroatoms. The van der Waals surface area contributed by atoms with E-state index in [1.54, 1.807) is 0 Å². The quantitative estimate of drug-likeness (QED) is 0.830. The fraction of sp³-hybridized carbons (Fsp3) is 0.538. The standard InChI is InChI=1S/C13H18ClN/c14-13-7-5-11(6-8-13)3-4-12-2-1-9-15-10-12/h5-8,12,15H,1-4,9-10H2. The van der Waals surface area contributed by atoms with Crippen molar-refractivity contribution in [3.8, 4) is 0 Å². The first kappa shape index (κ1) is 11.0. The third-order valence-electron chi connectivity index (χ3n) is 3.15. The zero-order valence-corrected chi connectivity index (χ0v) is 9.76. The smallest absolute Gasteiger partial charge is 0.0406 e. The van der Waals surface area contributed by atoms with Crippen LogP contribution in [0.5, 0.6) is 0 Å². The Morgan fingerprint density at radius 3 is 2.73 bits per heavy atom. The number of nitrogens with one attached hydrogen (secondary N) is 1. The van der Waals surface area contributed by atoms with Crippen LogP contribution in [0.1, 0.15) is 24.8 Å². The van der Waals surface area contributed by atoms with Crippen molar-refractivity contribution in [2.45, 2.75) is 25.7 Å². The summed E-state index contributed by atoms with van der Waals surface area (Å²) in [5.74, 6) is 0.870. The molecule has 1 atom stereocenters. The van der Waals surface area contributed by atoms with E-state index in [1.165, 1.54) is 44.3 Å². The highest BCUT2D eigenvalue weighted by Crippen LogP contribution is 2.18. The van der Waals surface area contributed by atoms with Gasteiger partial charge in [-0.3, -0.25) is 0 Å². The Balaban J connectivity index is 1.79. The molecule has 0 spiro atoms. The van der Waals surface area contributed by atoms with E-state index < -0.39 is 0 Å². The van der Waals surface area contributed by atoms with Crippen molar-refractivity contribution in [1.82, 2.24) is 5.32 Å². The fourth-order valence-corrected chi connectivity index (χ4v) is 2.32. The van der Waals surface area contributed by atoms with Gasteiger partial charge in [-0.2, -0.15) is 0 Å². The van der Waals surface area contributed by atoms with E-state index in [9.17, 15) is 0 Å². The highest BCUT2D eigenvalue weighted by molar-refractivity contribution is 6.30. The zero-order chi connectivity index (χ0) is 10.5. The Kier molecular flexibility index (Phi) is 4.04. The van der Waals surface area contributed by atoms with Crippen molar-refractivity contribution in [2.75, 3.05) is 13.1 Å². The molecule has 1 N–H and O–H groups in total. The summed E-state index contributed by atoms with van der Waals surface area (Å²) in [6.45, 7) is 2.41.